The summed E-state index contributed by atoms with van der Waals surface area (Å²) in [4.78, 5) is 54.6. The van der Waals surface area contributed by atoms with E-state index in [1.807, 2.05) is 36.4 Å². The van der Waals surface area contributed by atoms with E-state index in [1.165, 1.54) is 6.92 Å². The molecule has 0 spiro atoms. The summed E-state index contributed by atoms with van der Waals surface area (Å²) in [6.07, 6.45) is 0.886. The van der Waals surface area contributed by atoms with Crippen LogP contribution in [0.4, 0.5) is 4.79 Å². The van der Waals surface area contributed by atoms with Crippen molar-refractivity contribution in [3.05, 3.63) is 77.9 Å². The first-order chi connectivity index (χ1) is 20.0. The highest BCUT2D eigenvalue weighted by atomic mass is 16.6. The zero-order valence-electron chi connectivity index (χ0n) is 26.0. The molecule has 0 aliphatic heterocycles. The van der Waals surface area contributed by atoms with Crippen LogP contribution in [-0.4, -0.2) is 58.6 Å². The molecular formula is C33H42N4O6. The van der Waals surface area contributed by atoms with Crippen molar-refractivity contribution < 1.29 is 28.7 Å². The van der Waals surface area contributed by atoms with Crippen LogP contribution in [-0.2, 0) is 30.3 Å². The summed E-state index contributed by atoms with van der Waals surface area (Å²) in [5, 5.41) is 14.9. The van der Waals surface area contributed by atoms with Crippen LogP contribution in [0.3, 0.4) is 0 Å². The number of alkyl carbamates (subject to hydrolysis) is 1. The molecule has 2 aromatic rings. The zero-order chi connectivity index (χ0) is 32.4. The van der Waals surface area contributed by atoms with Crippen LogP contribution < -0.4 is 10.6 Å². The van der Waals surface area contributed by atoms with E-state index in [0.717, 1.165) is 10.5 Å². The van der Waals surface area contributed by atoms with E-state index in [1.54, 1.807) is 71.9 Å². The van der Waals surface area contributed by atoms with Gasteiger partial charge in [-0.1, -0.05) is 61.2 Å². The summed E-state index contributed by atoms with van der Waals surface area (Å²) in [6.45, 7) is 15.0. The molecule has 0 saturated carbocycles. The SMILES string of the molecule is C=Cc1cccc(C(C(=O)NC(Cc2ccccc2)C(=O)OC(C)(C)C)N(CC#N)C(=O)C(C)NC(=O)OC(C)(C)C)c1. The molecule has 2 N–H and O–H groups in total. The molecule has 3 unspecified atom stereocenters. The molecule has 0 bridgehead atoms. The van der Waals surface area contributed by atoms with Gasteiger partial charge in [0.15, 0.2) is 0 Å². The number of nitrogens with one attached hydrogen (secondary N) is 2. The highest BCUT2D eigenvalue weighted by molar-refractivity contribution is 5.94. The molecule has 3 amide bonds. The number of hydrogen-bond acceptors (Lipinski definition) is 7. The molecule has 3 atom stereocenters. The predicted molar refractivity (Wildman–Crippen MR) is 163 cm³/mol. The molecule has 0 aliphatic rings. The third-order valence-electron chi connectivity index (χ3n) is 5.94. The Hall–Kier alpha value is -4.65. The molecule has 0 aromatic heterocycles. The van der Waals surface area contributed by atoms with Gasteiger partial charge in [-0.15, -0.1) is 0 Å². The lowest BCUT2D eigenvalue weighted by molar-refractivity contribution is -0.159. The van der Waals surface area contributed by atoms with Gasteiger partial charge in [0.05, 0.1) is 6.07 Å². The Morgan fingerprint density at radius 2 is 1.58 bits per heavy atom. The highest BCUT2D eigenvalue weighted by Gasteiger charge is 2.37. The Balaban J connectivity index is 2.53. The molecule has 10 heteroatoms. The second-order valence-corrected chi connectivity index (χ2v) is 12.1. The number of benzene rings is 2. The topological polar surface area (TPSA) is 138 Å². The smallest absolute Gasteiger partial charge is 0.408 e. The number of carbonyl (C=O) groups is 4. The molecule has 0 aliphatic carbocycles. The summed E-state index contributed by atoms with van der Waals surface area (Å²) in [5.74, 6) is -2.06. The molecule has 230 valence electrons. The lowest BCUT2D eigenvalue weighted by atomic mass is 9.99. The quantitative estimate of drug-likeness (QED) is 0.286. The average molecular weight is 591 g/mol. The third-order valence-corrected chi connectivity index (χ3v) is 5.94. The van der Waals surface area contributed by atoms with Gasteiger partial charge in [0.1, 0.15) is 35.9 Å². The first-order valence-electron chi connectivity index (χ1n) is 14.0. The Labute approximate surface area is 254 Å². The Morgan fingerprint density at radius 3 is 2.14 bits per heavy atom. The van der Waals surface area contributed by atoms with Crippen molar-refractivity contribution in [2.45, 2.75) is 84.2 Å². The number of esters is 1. The minimum absolute atomic E-state index is 0.129. The largest absolute Gasteiger partial charge is 0.458 e. The van der Waals surface area contributed by atoms with E-state index in [0.29, 0.717) is 11.1 Å². The molecule has 0 radical (unpaired) electrons. The van der Waals surface area contributed by atoms with Crippen molar-refractivity contribution in [1.29, 1.82) is 5.26 Å². The van der Waals surface area contributed by atoms with Crippen LogP contribution in [0.5, 0.6) is 0 Å². The molecule has 2 aromatic carbocycles. The van der Waals surface area contributed by atoms with Crippen molar-refractivity contribution in [3.63, 3.8) is 0 Å². The average Bonchev–Trinajstić information content (AvgIpc) is 2.90. The van der Waals surface area contributed by atoms with Crippen molar-refractivity contribution in [2.24, 2.45) is 0 Å². The van der Waals surface area contributed by atoms with Crippen LogP contribution in [0.15, 0.2) is 61.2 Å². The molecule has 0 heterocycles. The van der Waals surface area contributed by atoms with Crippen LogP contribution in [0, 0.1) is 11.3 Å². The molecule has 2 rings (SSSR count). The Kier molecular flexibility index (Phi) is 12.1. The van der Waals surface area contributed by atoms with Gasteiger partial charge in [-0.3, -0.25) is 9.59 Å². The summed E-state index contributed by atoms with van der Waals surface area (Å²) in [6, 6.07) is 14.3. The van der Waals surface area contributed by atoms with Crippen molar-refractivity contribution in [1.82, 2.24) is 15.5 Å². The van der Waals surface area contributed by atoms with Gasteiger partial charge >= 0.3 is 12.1 Å². The second-order valence-electron chi connectivity index (χ2n) is 12.1. The van der Waals surface area contributed by atoms with Gasteiger partial charge in [0, 0.05) is 6.42 Å². The van der Waals surface area contributed by atoms with Gasteiger partial charge in [-0.25, -0.2) is 9.59 Å². The van der Waals surface area contributed by atoms with Gasteiger partial charge in [-0.05, 0) is 71.2 Å². The highest BCUT2D eigenvalue weighted by Crippen LogP contribution is 2.25. The number of nitriles is 1. The molecule has 0 saturated heterocycles. The minimum Gasteiger partial charge on any atom is -0.458 e. The number of rotatable bonds is 11. The van der Waals surface area contributed by atoms with Gasteiger partial charge < -0.3 is 25.0 Å². The van der Waals surface area contributed by atoms with Gasteiger partial charge in [0.2, 0.25) is 11.8 Å². The maximum atomic E-state index is 14.1. The maximum Gasteiger partial charge on any atom is 0.408 e. The summed E-state index contributed by atoms with van der Waals surface area (Å²) in [7, 11) is 0. The fraction of sp³-hybridized carbons (Fsp3) is 0.424. The van der Waals surface area contributed by atoms with E-state index >= 15 is 0 Å². The lowest BCUT2D eigenvalue weighted by Gasteiger charge is -2.33. The van der Waals surface area contributed by atoms with Gasteiger partial charge in [-0.2, -0.15) is 5.26 Å². The standard InChI is InChI=1S/C33H42N4O6/c1-9-23-16-13-17-25(20-23)27(37(19-18-34)29(39)22(2)35-31(41)43-33(6,7)8)28(38)36-26(30(40)42-32(3,4)5)21-24-14-11-10-12-15-24/h9-17,20,22,26-27H,1,19,21H2,2-8H3,(H,35,41)(H,36,38). The molecule has 0 fully saturated rings. The van der Waals surface area contributed by atoms with Crippen LogP contribution >= 0.6 is 0 Å². The Bertz CT molecular complexity index is 1340. The fourth-order valence-corrected chi connectivity index (χ4v) is 4.16. The Morgan fingerprint density at radius 1 is 0.953 bits per heavy atom. The first kappa shape index (κ1) is 34.6. The normalized spacial score (nSPS) is 13.3. The summed E-state index contributed by atoms with van der Waals surface area (Å²) >= 11 is 0. The van der Waals surface area contributed by atoms with E-state index in [9.17, 15) is 24.4 Å². The van der Waals surface area contributed by atoms with Crippen LogP contribution in [0.25, 0.3) is 6.08 Å². The van der Waals surface area contributed by atoms with Crippen molar-refractivity contribution >= 4 is 30.0 Å². The molecule has 10 nitrogen and oxygen atoms in total. The zero-order valence-corrected chi connectivity index (χ0v) is 26.0. The summed E-state index contributed by atoms with van der Waals surface area (Å²) < 4.78 is 10.9. The number of carbonyl (C=O) groups excluding carboxylic acids is 4. The second kappa shape index (κ2) is 15.0. The monoisotopic (exact) mass is 590 g/mol. The fourth-order valence-electron chi connectivity index (χ4n) is 4.16. The van der Waals surface area contributed by atoms with E-state index in [4.69, 9.17) is 9.47 Å². The first-order valence-corrected chi connectivity index (χ1v) is 14.0. The number of ether oxygens (including phenoxy) is 2. The lowest BCUT2D eigenvalue weighted by Crippen LogP contribution is -2.54. The predicted octanol–water partition coefficient (Wildman–Crippen LogP) is 4.71. The summed E-state index contributed by atoms with van der Waals surface area (Å²) in [5.41, 5.74) is 0.213. The third kappa shape index (κ3) is 11.3. The van der Waals surface area contributed by atoms with Crippen LogP contribution in [0.1, 0.15) is 71.2 Å². The number of hydrogen-bond donors (Lipinski definition) is 2. The number of nitrogens with zero attached hydrogens (tertiary/aromatic N) is 2. The van der Waals surface area contributed by atoms with Gasteiger partial charge in [0.25, 0.3) is 0 Å². The minimum atomic E-state index is -1.34. The van der Waals surface area contributed by atoms with E-state index < -0.39 is 59.7 Å². The van der Waals surface area contributed by atoms with E-state index in [2.05, 4.69) is 17.2 Å². The van der Waals surface area contributed by atoms with Crippen molar-refractivity contribution in [3.8, 4) is 6.07 Å². The van der Waals surface area contributed by atoms with Crippen molar-refractivity contribution in [2.75, 3.05) is 6.54 Å². The number of amides is 3. The molecule has 43 heavy (non-hydrogen) atoms. The maximum absolute atomic E-state index is 14.1. The molecular weight excluding hydrogens is 548 g/mol. The van der Waals surface area contributed by atoms with E-state index in [-0.39, 0.29) is 6.42 Å². The van der Waals surface area contributed by atoms with Crippen LogP contribution in [0.2, 0.25) is 0 Å².